The van der Waals surface area contributed by atoms with Crippen molar-refractivity contribution in [2.45, 2.75) is 50.6 Å². The standard InChI is InChI=1S/C22H23FN4O3S/c23-15-6-2-1-5-14(15)19-24-16-7-11-26(13-17(16)31-19)18(28)8-12-27-20(29)22(25-21(27)30)9-3-4-10-22/h1-2,5-6H,3-4,7-13H2,(H,25,30). The van der Waals surface area contributed by atoms with Crippen LogP contribution in [0.2, 0.25) is 0 Å². The van der Waals surface area contributed by atoms with Crippen molar-refractivity contribution in [2.24, 2.45) is 0 Å². The minimum absolute atomic E-state index is 0.0950. The summed E-state index contributed by atoms with van der Waals surface area (Å²) in [6, 6.07) is 6.15. The number of fused-ring (bicyclic) bond motifs is 1. The minimum atomic E-state index is -0.744. The third kappa shape index (κ3) is 3.50. The molecule has 1 aliphatic carbocycles. The second-order valence-electron chi connectivity index (χ2n) is 8.36. The molecule has 0 radical (unpaired) electrons. The fraction of sp³-hybridized carbons (Fsp3) is 0.455. The number of hydrogen-bond acceptors (Lipinski definition) is 5. The van der Waals surface area contributed by atoms with E-state index in [2.05, 4.69) is 10.3 Å². The molecule has 9 heteroatoms. The Bertz CT molecular complexity index is 1060. The number of nitrogens with zero attached hydrogens (tertiary/aromatic N) is 3. The number of carbonyl (C=O) groups is 3. The molecule has 3 heterocycles. The number of imide groups is 1. The van der Waals surface area contributed by atoms with E-state index in [-0.39, 0.29) is 30.6 Å². The van der Waals surface area contributed by atoms with Crippen LogP contribution in [0.1, 0.15) is 42.7 Å². The van der Waals surface area contributed by atoms with Crippen molar-refractivity contribution in [3.8, 4) is 10.6 Å². The van der Waals surface area contributed by atoms with Gasteiger partial charge in [0.25, 0.3) is 5.91 Å². The first kappa shape index (κ1) is 20.1. The summed E-state index contributed by atoms with van der Waals surface area (Å²) in [5.41, 5.74) is 0.634. The van der Waals surface area contributed by atoms with Crippen LogP contribution in [0.15, 0.2) is 24.3 Å². The number of nitrogens with one attached hydrogen (secondary N) is 1. The minimum Gasteiger partial charge on any atom is -0.337 e. The molecule has 31 heavy (non-hydrogen) atoms. The van der Waals surface area contributed by atoms with E-state index in [0.717, 1.165) is 23.4 Å². The predicted octanol–water partition coefficient (Wildman–Crippen LogP) is 3.09. The summed E-state index contributed by atoms with van der Waals surface area (Å²) in [6.45, 7) is 1.04. The van der Waals surface area contributed by atoms with E-state index in [0.29, 0.717) is 42.9 Å². The first-order valence-electron chi connectivity index (χ1n) is 10.6. The maximum Gasteiger partial charge on any atom is 0.325 e. The molecule has 2 aromatic rings. The number of hydrogen-bond donors (Lipinski definition) is 1. The van der Waals surface area contributed by atoms with Gasteiger partial charge in [-0.15, -0.1) is 11.3 Å². The highest BCUT2D eigenvalue weighted by atomic mass is 32.1. The van der Waals surface area contributed by atoms with Gasteiger partial charge in [-0.3, -0.25) is 14.5 Å². The SMILES string of the molecule is O=C(CCN1C(=O)NC2(CCCC2)C1=O)N1CCc2nc(-c3ccccc3F)sc2C1. The van der Waals surface area contributed by atoms with E-state index < -0.39 is 11.6 Å². The van der Waals surface area contributed by atoms with Crippen LogP contribution in [0.4, 0.5) is 9.18 Å². The highest BCUT2D eigenvalue weighted by molar-refractivity contribution is 7.15. The summed E-state index contributed by atoms with van der Waals surface area (Å²) in [5, 5.41) is 3.47. The lowest BCUT2D eigenvalue weighted by Crippen LogP contribution is -2.44. The fourth-order valence-corrected chi connectivity index (χ4v) is 5.87. The van der Waals surface area contributed by atoms with Crippen molar-refractivity contribution in [1.29, 1.82) is 0 Å². The van der Waals surface area contributed by atoms with Crippen molar-refractivity contribution in [1.82, 2.24) is 20.1 Å². The van der Waals surface area contributed by atoms with Gasteiger partial charge in [0.05, 0.1) is 12.2 Å². The van der Waals surface area contributed by atoms with E-state index in [1.165, 1.54) is 22.3 Å². The number of halogens is 1. The van der Waals surface area contributed by atoms with Crippen LogP contribution in [0.3, 0.4) is 0 Å². The Morgan fingerprint density at radius 1 is 1.23 bits per heavy atom. The smallest absolute Gasteiger partial charge is 0.325 e. The van der Waals surface area contributed by atoms with Crippen molar-refractivity contribution in [3.63, 3.8) is 0 Å². The molecule has 1 spiro atoms. The summed E-state index contributed by atoms with van der Waals surface area (Å²) in [4.78, 5) is 46.3. The van der Waals surface area contributed by atoms with E-state index >= 15 is 0 Å². The van der Waals surface area contributed by atoms with Crippen LogP contribution in [0.5, 0.6) is 0 Å². The largest absolute Gasteiger partial charge is 0.337 e. The van der Waals surface area contributed by atoms with Gasteiger partial charge in [-0.1, -0.05) is 25.0 Å². The van der Waals surface area contributed by atoms with Gasteiger partial charge < -0.3 is 10.2 Å². The summed E-state index contributed by atoms with van der Waals surface area (Å²) >= 11 is 1.41. The maximum atomic E-state index is 14.1. The molecular formula is C22H23FN4O3S. The predicted molar refractivity (Wildman–Crippen MR) is 113 cm³/mol. The highest BCUT2D eigenvalue weighted by Gasteiger charge is 2.52. The lowest BCUT2D eigenvalue weighted by molar-refractivity contribution is -0.134. The Labute approximate surface area is 183 Å². The van der Waals surface area contributed by atoms with Gasteiger partial charge in [-0.25, -0.2) is 14.2 Å². The zero-order valence-corrected chi connectivity index (χ0v) is 17.8. The molecule has 1 N–H and O–H groups in total. The average molecular weight is 443 g/mol. The number of thiazole rings is 1. The average Bonchev–Trinajstić information content (AvgIpc) is 3.45. The second kappa shape index (κ2) is 7.71. The zero-order chi connectivity index (χ0) is 21.6. The van der Waals surface area contributed by atoms with Gasteiger partial charge in [0.15, 0.2) is 0 Å². The lowest BCUT2D eigenvalue weighted by atomic mass is 9.98. The molecule has 5 rings (SSSR count). The van der Waals surface area contributed by atoms with E-state index in [1.807, 2.05) is 0 Å². The van der Waals surface area contributed by atoms with Gasteiger partial charge in [0, 0.05) is 36.4 Å². The molecule has 1 aromatic carbocycles. The number of aromatic nitrogens is 1. The van der Waals surface area contributed by atoms with Gasteiger partial charge in [0.2, 0.25) is 5.91 Å². The van der Waals surface area contributed by atoms with Crippen LogP contribution < -0.4 is 5.32 Å². The maximum absolute atomic E-state index is 14.1. The van der Waals surface area contributed by atoms with E-state index in [1.54, 1.807) is 23.1 Å². The van der Waals surface area contributed by atoms with Crippen molar-refractivity contribution < 1.29 is 18.8 Å². The van der Waals surface area contributed by atoms with Crippen LogP contribution in [0, 0.1) is 5.82 Å². The van der Waals surface area contributed by atoms with Gasteiger partial charge in [0.1, 0.15) is 16.4 Å². The number of benzene rings is 1. The van der Waals surface area contributed by atoms with E-state index in [9.17, 15) is 18.8 Å². The Morgan fingerprint density at radius 3 is 2.77 bits per heavy atom. The normalized spacial score (nSPS) is 19.8. The summed E-state index contributed by atoms with van der Waals surface area (Å²) in [5.74, 6) is -0.602. The summed E-state index contributed by atoms with van der Waals surface area (Å²) in [7, 11) is 0. The Hall–Kier alpha value is -2.81. The summed E-state index contributed by atoms with van der Waals surface area (Å²) < 4.78 is 14.1. The molecule has 2 aliphatic heterocycles. The summed E-state index contributed by atoms with van der Waals surface area (Å²) in [6.07, 6.45) is 3.92. The molecule has 7 nitrogen and oxygen atoms in total. The first-order valence-corrected chi connectivity index (χ1v) is 11.4. The van der Waals surface area contributed by atoms with Crippen LogP contribution in [0.25, 0.3) is 10.6 Å². The Kier molecular flexibility index (Phi) is 5.00. The quantitative estimate of drug-likeness (QED) is 0.738. The zero-order valence-electron chi connectivity index (χ0n) is 17.0. The van der Waals surface area contributed by atoms with Gasteiger partial charge in [-0.05, 0) is 25.0 Å². The topological polar surface area (TPSA) is 82.6 Å². The van der Waals surface area contributed by atoms with Crippen molar-refractivity contribution in [3.05, 3.63) is 40.7 Å². The Balaban J connectivity index is 1.23. The van der Waals surface area contributed by atoms with Crippen molar-refractivity contribution in [2.75, 3.05) is 13.1 Å². The third-order valence-corrected chi connectivity index (χ3v) is 7.56. The van der Waals surface area contributed by atoms with Crippen LogP contribution in [-0.4, -0.2) is 51.3 Å². The van der Waals surface area contributed by atoms with Crippen LogP contribution >= 0.6 is 11.3 Å². The molecule has 2 fully saturated rings. The second-order valence-corrected chi connectivity index (χ2v) is 9.44. The molecule has 1 aromatic heterocycles. The fourth-order valence-electron chi connectivity index (χ4n) is 4.72. The molecule has 0 unspecified atom stereocenters. The molecule has 1 saturated carbocycles. The molecular weight excluding hydrogens is 419 g/mol. The number of carbonyl (C=O) groups excluding carboxylic acids is 3. The molecule has 1 saturated heterocycles. The first-order chi connectivity index (χ1) is 15.0. The highest BCUT2D eigenvalue weighted by Crippen LogP contribution is 2.35. The number of urea groups is 1. The molecule has 0 bridgehead atoms. The Morgan fingerprint density at radius 2 is 2.00 bits per heavy atom. The monoisotopic (exact) mass is 442 g/mol. The van der Waals surface area contributed by atoms with E-state index in [4.69, 9.17) is 0 Å². The van der Waals surface area contributed by atoms with Crippen molar-refractivity contribution >= 4 is 29.2 Å². The number of amides is 4. The molecule has 4 amide bonds. The van der Waals surface area contributed by atoms with Crippen LogP contribution in [-0.2, 0) is 22.6 Å². The van der Waals surface area contributed by atoms with Gasteiger partial charge >= 0.3 is 6.03 Å². The molecule has 162 valence electrons. The molecule has 3 aliphatic rings. The van der Waals surface area contributed by atoms with Gasteiger partial charge in [-0.2, -0.15) is 0 Å². The third-order valence-electron chi connectivity index (χ3n) is 6.44. The molecule has 0 atom stereocenters. The lowest BCUT2D eigenvalue weighted by Gasteiger charge is -2.27. The number of rotatable bonds is 4.